The van der Waals surface area contributed by atoms with Crippen LogP contribution in [0.3, 0.4) is 0 Å². The summed E-state index contributed by atoms with van der Waals surface area (Å²) >= 11 is 0. The monoisotopic (exact) mass is 227 g/mol. The Morgan fingerprint density at radius 1 is 1.12 bits per heavy atom. The first-order chi connectivity index (χ1) is 7.44. The number of hydrogen-bond donors (Lipinski definition) is 0. The zero-order valence-electron chi connectivity index (χ0n) is 11.3. The zero-order valence-corrected chi connectivity index (χ0v) is 11.3. The van der Waals surface area contributed by atoms with Gasteiger partial charge in [-0.15, -0.1) is 0 Å². The minimum atomic E-state index is 0.315. The topological polar surface area (TPSA) is 28.1 Å². The Morgan fingerprint density at radius 2 is 1.62 bits per heavy atom. The number of guanidine groups is 1. The van der Waals surface area contributed by atoms with E-state index in [0.29, 0.717) is 5.41 Å². The Morgan fingerprint density at radius 3 is 2.06 bits per heavy atom. The number of nitrogens with zero attached hydrogens (tertiary/aromatic N) is 3. The van der Waals surface area contributed by atoms with Crippen LogP contribution in [0.15, 0.2) is 4.99 Å². The van der Waals surface area contributed by atoms with Crippen molar-refractivity contribution in [3.05, 3.63) is 0 Å². The van der Waals surface area contributed by atoms with E-state index in [4.69, 9.17) is 9.73 Å². The van der Waals surface area contributed by atoms with E-state index in [1.165, 1.54) is 0 Å². The van der Waals surface area contributed by atoms with Crippen molar-refractivity contribution in [1.82, 2.24) is 9.80 Å². The lowest BCUT2D eigenvalue weighted by Gasteiger charge is -2.33. The molecule has 1 rings (SSSR count). The second-order valence-corrected chi connectivity index (χ2v) is 5.33. The van der Waals surface area contributed by atoms with Crippen molar-refractivity contribution in [1.29, 1.82) is 0 Å². The molecule has 1 aliphatic rings. The van der Waals surface area contributed by atoms with Crippen LogP contribution in [-0.4, -0.2) is 63.7 Å². The molecule has 4 nitrogen and oxygen atoms in total. The molecule has 0 aromatic heterocycles. The van der Waals surface area contributed by atoms with Gasteiger partial charge in [0.25, 0.3) is 0 Å². The normalized spacial score (nSPS) is 19.1. The standard InChI is InChI=1S/C12H25N3O/c1-12(6-8-16-9-7-12)10-13-11(14(2)3)15(4)5/h6-10H2,1-5H3. The first kappa shape index (κ1) is 13.3. The van der Waals surface area contributed by atoms with Gasteiger partial charge in [0.15, 0.2) is 5.96 Å². The van der Waals surface area contributed by atoms with Gasteiger partial charge in [-0.05, 0) is 18.3 Å². The van der Waals surface area contributed by atoms with E-state index in [0.717, 1.165) is 38.6 Å². The fourth-order valence-electron chi connectivity index (χ4n) is 1.97. The molecule has 1 heterocycles. The van der Waals surface area contributed by atoms with Crippen molar-refractivity contribution in [2.45, 2.75) is 19.8 Å². The molecule has 0 amide bonds. The fourth-order valence-corrected chi connectivity index (χ4v) is 1.97. The van der Waals surface area contributed by atoms with Crippen LogP contribution in [0.1, 0.15) is 19.8 Å². The Kier molecular flexibility index (Phi) is 4.59. The molecule has 1 saturated heterocycles. The number of ether oxygens (including phenoxy) is 1. The van der Waals surface area contributed by atoms with Crippen molar-refractivity contribution in [3.8, 4) is 0 Å². The Hall–Kier alpha value is -0.770. The lowest BCUT2D eigenvalue weighted by Crippen LogP contribution is -2.37. The molecule has 1 fully saturated rings. The fraction of sp³-hybridized carbons (Fsp3) is 0.917. The Labute approximate surface area is 99.3 Å². The largest absolute Gasteiger partial charge is 0.381 e. The van der Waals surface area contributed by atoms with Gasteiger partial charge in [0, 0.05) is 47.9 Å². The van der Waals surface area contributed by atoms with Crippen LogP contribution in [0, 0.1) is 5.41 Å². The summed E-state index contributed by atoms with van der Waals surface area (Å²) in [5, 5.41) is 0. The Balaban J connectivity index is 2.61. The highest BCUT2D eigenvalue weighted by Crippen LogP contribution is 2.29. The van der Waals surface area contributed by atoms with Gasteiger partial charge >= 0.3 is 0 Å². The lowest BCUT2D eigenvalue weighted by atomic mass is 9.83. The van der Waals surface area contributed by atoms with Gasteiger partial charge in [-0.25, -0.2) is 0 Å². The quantitative estimate of drug-likeness (QED) is 0.525. The van der Waals surface area contributed by atoms with Crippen LogP contribution >= 0.6 is 0 Å². The molecule has 0 bridgehead atoms. The molecule has 0 atom stereocenters. The highest BCUT2D eigenvalue weighted by atomic mass is 16.5. The van der Waals surface area contributed by atoms with E-state index in [9.17, 15) is 0 Å². The molecule has 16 heavy (non-hydrogen) atoms. The minimum absolute atomic E-state index is 0.315. The predicted octanol–water partition coefficient (Wildman–Crippen LogP) is 1.28. The number of hydrogen-bond acceptors (Lipinski definition) is 2. The van der Waals surface area contributed by atoms with Crippen molar-refractivity contribution in [2.24, 2.45) is 10.4 Å². The summed E-state index contributed by atoms with van der Waals surface area (Å²) in [7, 11) is 8.13. The van der Waals surface area contributed by atoms with Gasteiger partial charge in [0.1, 0.15) is 0 Å². The summed E-state index contributed by atoms with van der Waals surface area (Å²) < 4.78 is 5.40. The average Bonchev–Trinajstić information content (AvgIpc) is 2.17. The molecule has 1 aliphatic heterocycles. The predicted molar refractivity (Wildman–Crippen MR) is 67.8 cm³/mol. The van der Waals surface area contributed by atoms with Crippen LogP contribution in [0.2, 0.25) is 0 Å². The van der Waals surface area contributed by atoms with Gasteiger partial charge in [-0.1, -0.05) is 6.92 Å². The second kappa shape index (κ2) is 5.53. The molecule has 0 spiro atoms. The van der Waals surface area contributed by atoms with E-state index in [1.54, 1.807) is 0 Å². The molecule has 4 heteroatoms. The minimum Gasteiger partial charge on any atom is -0.381 e. The van der Waals surface area contributed by atoms with E-state index >= 15 is 0 Å². The number of rotatable bonds is 2. The summed E-state index contributed by atoms with van der Waals surface area (Å²) in [5.74, 6) is 1.03. The van der Waals surface area contributed by atoms with Crippen LogP contribution in [0.5, 0.6) is 0 Å². The molecule has 0 saturated carbocycles. The molecule has 0 N–H and O–H groups in total. The second-order valence-electron chi connectivity index (χ2n) is 5.33. The highest BCUT2D eigenvalue weighted by Gasteiger charge is 2.27. The summed E-state index contributed by atoms with van der Waals surface area (Å²) in [5.41, 5.74) is 0.315. The van der Waals surface area contributed by atoms with Crippen molar-refractivity contribution in [3.63, 3.8) is 0 Å². The molecule has 0 unspecified atom stereocenters. The average molecular weight is 227 g/mol. The molecule has 0 radical (unpaired) electrons. The van der Waals surface area contributed by atoms with Crippen LogP contribution in [-0.2, 0) is 4.74 Å². The van der Waals surface area contributed by atoms with Crippen LogP contribution in [0.4, 0.5) is 0 Å². The first-order valence-corrected chi connectivity index (χ1v) is 5.91. The van der Waals surface area contributed by atoms with Gasteiger partial charge in [-0.3, -0.25) is 4.99 Å². The molecule has 0 aromatic carbocycles. The summed E-state index contributed by atoms with van der Waals surface area (Å²) in [4.78, 5) is 8.85. The van der Waals surface area contributed by atoms with E-state index in [2.05, 4.69) is 16.7 Å². The molecule has 94 valence electrons. The third-order valence-corrected chi connectivity index (χ3v) is 3.10. The lowest BCUT2D eigenvalue weighted by molar-refractivity contribution is 0.0281. The third-order valence-electron chi connectivity index (χ3n) is 3.10. The van der Waals surface area contributed by atoms with Crippen molar-refractivity contribution < 1.29 is 4.74 Å². The smallest absolute Gasteiger partial charge is 0.195 e. The maximum absolute atomic E-state index is 5.40. The molecular weight excluding hydrogens is 202 g/mol. The van der Waals surface area contributed by atoms with Crippen LogP contribution in [0.25, 0.3) is 0 Å². The third kappa shape index (κ3) is 3.67. The van der Waals surface area contributed by atoms with Crippen LogP contribution < -0.4 is 0 Å². The summed E-state index contributed by atoms with van der Waals surface area (Å²) in [6.45, 7) is 4.96. The van der Waals surface area contributed by atoms with E-state index in [1.807, 2.05) is 28.2 Å². The summed E-state index contributed by atoms with van der Waals surface area (Å²) in [6.07, 6.45) is 2.23. The van der Waals surface area contributed by atoms with E-state index in [-0.39, 0.29) is 0 Å². The molecule has 0 aliphatic carbocycles. The first-order valence-electron chi connectivity index (χ1n) is 5.91. The maximum Gasteiger partial charge on any atom is 0.195 e. The van der Waals surface area contributed by atoms with Gasteiger partial charge in [0.2, 0.25) is 0 Å². The van der Waals surface area contributed by atoms with E-state index < -0.39 is 0 Å². The van der Waals surface area contributed by atoms with Crippen molar-refractivity contribution in [2.75, 3.05) is 47.9 Å². The molecular formula is C12H25N3O. The van der Waals surface area contributed by atoms with Crippen molar-refractivity contribution >= 4 is 5.96 Å². The maximum atomic E-state index is 5.40. The molecule has 0 aromatic rings. The summed E-state index contributed by atoms with van der Waals surface area (Å²) in [6, 6.07) is 0. The van der Waals surface area contributed by atoms with Gasteiger partial charge < -0.3 is 14.5 Å². The Bertz CT molecular complexity index is 233. The number of aliphatic imine (C=N–C) groups is 1. The zero-order chi connectivity index (χ0) is 12.2. The highest BCUT2D eigenvalue weighted by molar-refractivity contribution is 5.79. The van der Waals surface area contributed by atoms with Gasteiger partial charge in [-0.2, -0.15) is 0 Å². The SMILES string of the molecule is CN(C)C(=NCC1(C)CCOCC1)N(C)C. The van der Waals surface area contributed by atoms with Gasteiger partial charge in [0.05, 0.1) is 0 Å².